The molecule has 0 N–H and O–H groups in total. The minimum absolute atomic E-state index is 0.0718. The highest BCUT2D eigenvalue weighted by Gasteiger charge is 2.28. The lowest BCUT2D eigenvalue weighted by molar-refractivity contribution is 0.0681. The van der Waals surface area contributed by atoms with Crippen LogP contribution in [-0.4, -0.2) is 17.9 Å². The third kappa shape index (κ3) is 2.40. The maximum Gasteiger partial charge on any atom is 0.289 e. The molecule has 1 amide bonds. The number of halogens is 1. The number of hydrogen-bond acceptors (Lipinski definition) is 2. The summed E-state index contributed by atoms with van der Waals surface area (Å²) in [6.45, 7) is 0. The first-order valence-electron chi connectivity index (χ1n) is 6.77. The van der Waals surface area contributed by atoms with E-state index in [1.807, 2.05) is 13.1 Å². The van der Waals surface area contributed by atoms with Crippen LogP contribution in [0.4, 0.5) is 0 Å². The van der Waals surface area contributed by atoms with E-state index in [1.54, 1.807) is 17.0 Å². The Bertz CT molecular complexity index is 635. The lowest BCUT2D eigenvalue weighted by Crippen LogP contribution is -2.33. The number of fused-ring (bicyclic) bond motifs is 1. The van der Waals surface area contributed by atoms with E-state index in [0.29, 0.717) is 10.4 Å². The van der Waals surface area contributed by atoms with Gasteiger partial charge < -0.3 is 9.32 Å². The summed E-state index contributed by atoms with van der Waals surface area (Å²) < 4.78 is 5.95. The van der Waals surface area contributed by atoms with Crippen LogP contribution in [0.5, 0.6) is 0 Å². The molecule has 0 aliphatic heterocycles. The molecule has 0 saturated heterocycles. The van der Waals surface area contributed by atoms with Crippen molar-refractivity contribution in [2.24, 2.45) is 0 Å². The van der Waals surface area contributed by atoms with Gasteiger partial charge >= 0.3 is 0 Å². The SMILES string of the molecule is CN(C(=O)c1ccc(Br)o1)C1CCCc2ccccc21. The molecule has 0 radical (unpaired) electrons. The zero-order valence-corrected chi connectivity index (χ0v) is 12.9. The molecule has 1 atom stereocenters. The fourth-order valence-electron chi connectivity index (χ4n) is 2.88. The van der Waals surface area contributed by atoms with Crippen LogP contribution in [0.2, 0.25) is 0 Å². The third-order valence-corrected chi connectivity index (χ3v) is 4.34. The van der Waals surface area contributed by atoms with Crippen LogP contribution in [0.1, 0.15) is 40.6 Å². The highest BCUT2D eigenvalue weighted by molar-refractivity contribution is 9.10. The van der Waals surface area contributed by atoms with Crippen molar-refractivity contribution < 1.29 is 9.21 Å². The number of carbonyl (C=O) groups is 1. The Morgan fingerprint density at radius 1 is 1.30 bits per heavy atom. The first-order chi connectivity index (χ1) is 9.66. The Labute approximate surface area is 126 Å². The summed E-state index contributed by atoms with van der Waals surface area (Å²) >= 11 is 3.23. The molecule has 4 heteroatoms. The molecule has 0 fully saturated rings. The number of hydrogen-bond donors (Lipinski definition) is 0. The molecule has 3 nitrogen and oxygen atoms in total. The minimum atomic E-state index is -0.0718. The molecule has 1 aliphatic carbocycles. The molecule has 104 valence electrons. The van der Waals surface area contributed by atoms with Gasteiger partial charge in [0.25, 0.3) is 5.91 Å². The number of nitrogens with zero attached hydrogens (tertiary/aromatic N) is 1. The second-order valence-corrected chi connectivity index (χ2v) is 5.91. The first-order valence-corrected chi connectivity index (χ1v) is 7.56. The van der Waals surface area contributed by atoms with Gasteiger partial charge in [0.05, 0.1) is 6.04 Å². The van der Waals surface area contributed by atoms with Crippen LogP contribution >= 0.6 is 15.9 Å². The van der Waals surface area contributed by atoms with Crippen LogP contribution in [-0.2, 0) is 6.42 Å². The van der Waals surface area contributed by atoms with Gasteiger partial charge in [0.2, 0.25) is 0 Å². The Morgan fingerprint density at radius 2 is 2.10 bits per heavy atom. The van der Waals surface area contributed by atoms with Crippen molar-refractivity contribution in [2.75, 3.05) is 7.05 Å². The van der Waals surface area contributed by atoms with Gasteiger partial charge in [0.15, 0.2) is 10.4 Å². The largest absolute Gasteiger partial charge is 0.444 e. The fourth-order valence-corrected chi connectivity index (χ4v) is 3.18. The first kappa shape index (κ1) is 13.4. The van der Waals surface area contributed by atoms with Crippen LogP contribution in [0.3, 0.4) is 0 Å². The molecule has 20 heavy (non-hydrogen) atoms. The van der Waals surface area contributed by atoms with E-state index in [0.717, 1.165) is 19.3 Å². The number of benzene rings is 1. The van der Waals surface area contributed by atoms with Crippen LogP contribution < -0.4 is 0 Å². The van der Waals surface area contributed by atoms with Gasteiger partial charge in [-0.2, -0.15) is 0 Å². The Kier molecular flexibility index (Phi) is 3.66. The normalized spacial score (nSPS) is 17.6. The van der Waals surface area contributed by atoms with E-state index >= 15 is 0 Å². The van der Waals surface area contributed by atoms with E-state index in [-0.39, 0.29) is 11.9 Å². The molecule has 3 rings (SSSR count). The van der Waals surface area contributed by atoms with Gasteiger partial charge in [-0.05, 0) is 58.5 Å². The van der Waals surface area contributed by atoms with Crippen molar-refractivity contribution in [1.29, 1.82) is 0 Å². The molecule has 0 saturated carbocycles. The summed E-state index contributed by atoms with van der Waals surface area (Å²) in [6, 6.07) is 12.0. The van der Waals surface area contributed by atoms with Gasteiger partial charge in [0.1, 0.15) is 0 Å². The summed E-state index contributed by atoms with van der Waals surface area (Å²) in [6.07, 6.45) is 3.21. The van der Waals surface area contributed by atoms with Crippen molar-refractivity contribution in [3.8, 4) is 0 Å². The summed E-state index contributed by atoms with van der Waals surface area (Å²) in [5.41, 5.74) is 2.62. The van der Waals surface area contributed by atoms with Gasteiger partial charge in [-0.15, -0.1) is 0 Å². The Morgan fingerprint density at radius 3 is 2.85 bits per heavy atom. The predicted octanol–water partition coefficient (Wildman–Crippen LogP) is 4.19. The van der Waals surface area contributed by atoms with E-state index in [4.69, 9.17) is 4.42 Å². The molecule has 1 aliphatic rings. The lowest BCUT2D eigenvalue weighted by Gasteiger charge is -2.32. The fraction of sp³-hybridized carbons (Fsp3) is 0.312. The van der Waals surface area contributed by atoms with Gasteiger partial charge in [-0.1, -0.05) is 24.3 Å². The third-order valence-electron chi connectivity index (χ3n) is 3.91. The zero-order chi connectivity index (χ0) is 14.1. The van der Waals surface area contributed by atoms with Crippen LogP contribution in [0.25, 0.3) is 0 Å². The maximum atomic E-state index is 12.5. The van der Waals surface area contributed by atoms with Crippen molar-refractivity contribution in [2.45, 2.75) is 25.3 Å². The molecular weight excluding hydrogens is 318 g/mol. The number of carbonyl (C=O) groups excluding carboxylic acids is 1. The van der Waals surface area contributed by atoms with E-state index < -0.39 is 0 Å². The second-order valence-electron chi connectivity index (χ2n) is 5.13. The van der Waals surface area contributed by atoms with E-state index in [2.05, 4.69) is 34.1 Å². The number of amides is 1. The summed E-state index contributed by atoms with van der Waals surface area (Å²) in [7, 11) is 1.85. The summed E-state index contributed by atoms with van der Waals surface area (Å²) in [4.78, 5) is 14.3. The van der Waals surface area contributed by atoms with E-state index in [9.17, 15) is 4.79 Å². The molecule has 0 spiro atoms. The average molecular weight is 334 g/mol. The molecule has 1 aromatic carbocycles. The second kappa shape index (κ2) is 5.44. The van der Waals surface area contributed by atoms with Crippen molar-refractivity contribution >= 4 is 21.8 Å². The standard InChI is InChI=1S/C16H16BrNO2/c1-18(16(19)14-9-10-15(17)20-14)13-8-4-6-11-5-2-3-7-12(11)13/h2-3,5,7,9-10,13H,4,6,8H2,1H3. The summed E-state index contributed by atoms with van der Waals surface area (Å²) in [5.74, 6) is 0.305. The van der Waals surface area contributed by atoms with E-state index in [1.165, 1.54) is 11.1 Å². The van der Waals surface area contributed by atoms with Crippen molar-refractivity contribution in [3.05, 3.63) is 58.0 Å². The molecule has 1 unspecified atom stereocenters. The molecule has 1 heterocycles. The van der Waals surface area contributed by atoms with Crippen molar-refractivity contribution in [1.82, 2.24) is 4.90 Å². The monoisotopic (exact) mass is 333 g/mol. The van der Waals surface area contributed by atoms with Gasteiger partial charge in [-0.25, -0.2) is 0 Å². The topological polar surface area (TPSA) is 33.5 Å². The maximum absolute atomic E-state index is 12.5. The highest BCUT2D eigenvalue weighted by Crippen LogP contribution is 2.34. The minimum Gasteiger partial charge on any atom is -0.444 e. The molecule has 1 aromatic heterocycles. The average Bonchev–Trinajstić information content (AvgIpc) is 2.91. The smallest absolute Gasteiger partial charge is 0.289 e. The van der Waals surface area contributed by atoms with Crippen LogP contribution in [0, 0.1) is 0 Å². The Hall–Kier alpha value is -1.55. The molecule has 2 aromatic rings. The number of rotatable bonds is 2. The van der Waals surface area contributed by atoms with Gasteiger partial charge in [-0.3, -0.25) is 4.79 Å². The van der Waals surface area contributed by atoms with Crippen molar-refractivity contribution in [3.63, 3.8) is 0 Å². The quantitative estimate of drug-likeness (QED) is 0.825. The number of furan rings is 1. The van der Waals surface area contributed by atoms with Crippen LogP contribution in [0.15, 0.2) is 45.5 Å². The lowest BCUT2D eigenvalue weighted by atomic mass is 9.87. The molecule has 0 bridgehead atoms. The highest BCUT2D eigenvalue weighted by atomic mass is 79.9. The number of aryl methyl sites for hydroxylation is 1. The summed E-state index contributed by atoms with van der Waals surface area (Å²) in [5, 5.41) is 0. The molecular formula is C16H16BrNO2. The predicted molar refractivity (Wildman–Crippen MR) is 80.6 cm³/mol. The van der Waals surface area contributed by atoms with Gasteiger partial charge in [0, 0.05) is 7.05 Å². The Balaban J connectivity index is 1.88. The zero-order valence-electron chi connectivity index (χ0n) is 11.3.